The van der Waals surface area contributed by atoms with E-state index in [2.05, 4.69) is 10.1 Å². The fourth-order valence-corrected chi connectivity index (χ4v) is 2.82. The minimum atomic E-state index is 0. The van der Waals surface area contributed by atoms with Gasteiger partial charge in [0.2, 0.25) is 11.7 Å². The van der Waals surface area contributed by atoms with E-state index in [1.165, 1.54) is 6.42 Å². The molecule has 0 aliphatic heterocycles. The predicted molar refractivity (Wildman–Crippen MR) is 86.9 cm³/mol. The zero-order valence-electron chi connectivity index (χ0n) is 12.7. The highest BCUT2D eigenvalue weighted by Gasteiger charge is 2.43. The van der Waals surface area contributed by atoms with Crippen molar-refractivity contribution in [3.63, 3.8) is 0 Å². The molecule has 0 atom stereocenters. The second kappa shape index (κ2) is 7.22. The van der Waals surface area contributed by atoms with Gasteiger partial charge < -0.3 is 15.0 Å². The maximum absolute atomic E-state index is 5.61. The second-order valence-corrected chi connectivity index (χ2v) is 5.70. The molecule has 1 aromatic carbocycles. The van der Waals surface area contributed by atoms with Crippen LogP contribution >= 0.6 is 12.4 Å². The summed E-state index contributed by atoms with van der Waals surface area (Å²) in [6.45, 7) is 1.26. The molecule has 2 N–H and O–H groups in total. The van der Waals surface area contributed by atoms with Crippen LogP contribution in [0.3, 0.4) is 0 Å². The molecule has 0 bridgehead atoms. The second-order valence-electron chi connectivity index (χ2n) is 5.70. The van der Waals surface area contributed by atoms with E-state index >= 15 is 0 Å². The predicted octanol–water partition coefficient (Wildman–Crippen LogP) is 3.08. The van der Waals surface area contributed by atoms with Crippen LogP contribution in [-0.4, -0.2) is 23.9 Å². The fraction of sp³-hybridized carbons (Fsp3) is 0.500. The van der Waals surface area contributed by atoms with E-state index in [1.54, 1.807) is 7.11 Å². The van der Waals surface area contributed by atoms with Gasteiger partial charge in [-0.05, 0) is 24.8 Å². The van der Waals surface area contributed by atoms with E-state index in [4.69, 9.17) is 15.0 Å². The molecule has 6 heteroatoms. The van der Waals surface area contributed by atoms with Gasteiger partial charge in [0, 0.05) is 25.8 Å². The van der Waals surface area contributed by atoms with Gasteiger partial charge in [0.25, 0.3) is 0 Å². The normalized spacial score (nSPS) is 15.9. The smallest absolute Gasteiger partial charge is 0.233 e. The molecule has 1 saturated carbocycles. The van der Waals surface area contributed by atoms with E-state index < -0.39 is 0 Å². The Labute approximate surface area is 136 Å². The Morgan fingerprint density at radius 1 is 1.27 bits per heavy atom. The highest BCUT2D eigenvalue weighted by atomic mass is 35.5. The Bertz CT molecular complexity index is 594. The van der Waals surface area contributed by atoms with E-state index in [-0.39, 0.29) is 17.8 Å². The SMILES string of the molecule is COCCC1(c2nc(-c3ccc(CN)cc3)no2)CCC1.Cl. The van der Waals surface area contributed by atoms with Crippen LogP contribution in [-0.2, 0) is 16.7 Å². The van der Waals surface area contributed by atoms with Crippen molar-refractivity contribution < 1.29 is 9.26 Å². The quantitative estimate of drug-likeness (QED) is 0.884. The van der Waals surface area contributed by atoms with Gasteiger partial charge in [-0.25, -0.2) is 0 Å². The number of aromatic nitrogens is 2. The standard InChI is InChI=1S/C16H21N3O2.ClH/c1-20-10-9-16(7-2-8-16)15-18-14(19-21-15)13-5-3-12(11-17)4-6-13;/h3-6H,2,7-11,17H2,1H3;1H. The van der Waals surface area contributed by atoms with Crippen molar-refractivity contribution in [1.29, 1.82) is 0 Å². The van der Waals surface area contributed by atoms with E-state index in [1.807, 2.05) is 24.3 Å². The molecular formula is C16H22ClN3O2. The Kier molecular flexibility index (Phi) is 5.56. The molecule has 120 valence electrons. The van der Waals surface area contributed by atoms with Crippen LogP contribution < -0.4 is 5.73 Å². The van der Waals surface area contributed by atoms with Crippen molar-refractivity contribution in [2.45, 2.75) is 37.6 Å². The number of methoxy groups -OCH3 is 1. The van der Waals surface area contributed by atoms with E-state index in [0.29, 0.717) is 12.4 Å². The van der Waals surface area contributed by atoms with Crippen molar-refractivity contribution in [3.8, 4) is 11.4 Å². The molecule has 2 aromatic rings. The molecule has 0 radical (unpaired) electrons. The van der Waals surface area contributed by atoms with Crippen LogP contribution in [0.15, 0.2) is 28.8 Å². The Morgan fingerprint density at radius 3 is 2.55 bits per heavy atom. The third-order valence-corrected chi connectivity index (χ3v) is 4.42. The lowest BCUT2D eigenvalue weighted by atomic mass is 9.66. The minimum Gasteiger partial charge on any atom is -0.385 e. The van der Waals surface area contributed by atoms with E-state index in [0.717, 1.165) is 42.9 Å². The highest BCUT2D eigenvalue weighted by Crippen LogP contribution is 2.46. The van der Waals surface area contributed by atoms with Gasteiger partial charge >= 0.3 is 0 Å². The fourth-order valence-electron chi connectivity index (χ4n) is 2.82. The topological polar surface area (TPSA) is 74.2 Å². The summed E-state index contributed by atoms with van der Waals surface area (Å²) in [7, 11) is 1.73. The third-order valence-electron chi connectivity index (χ3n) is 4.42. The lowest BCUT2D eigenvalue weighted by Crippen LogP contribution is -2.35. The Morgan fingerprint density at radius 2 is 2.00 bits per heavy atom. The number of nitrogens with zero attached hydrogens (tertiary/aromatic N) is 2. The summed E-state index contributed by atoms with van der Waals surface area (Å²) in [5.41, 5.74) is 7.69. The zero-order chi connectivity index (χ0) is 14.7. The van der Waals surface area contributed by atoms with Crippen LogP contribution in [0.5, 0.6) is 0 Å². The Balaban J connectivity index is 0.00000176. The summed E-state index contributed by atoms with van der Waals surface area (Å²) in [6.07, 6.45) is 4.36. The molecule has 0 spiro atoms. The number of rotatable bonds is 6. The van der Waals surface area contributed by atoms with E-state index in [9.17, 15) is 0 Å². The van der Waals surface area contributed by atoms with Crippen LogP contribution in [0, 0.1) is 0 Å². The number of hydrogen-bond donors (Lipinski definition) is 1. The minimum absolute atomic E-state index is 0. The molecule has 1 aliphatic rings. The van der Waals surface area contributed by atoms with Gasteiger partial charge in [0.05, 0.1) is 5.41 Å². The van der Waals surface area contributed by atoms with Crippen LogP contribution in [0.2, 0.25) is 0 Å². The number of ether oxygens (including phenoxy) is 1. The summed E-state index contributed by atoms with van der Waals surface area (Å²) in [6, 6.07) is 7.96. The molecule has 5 nitrogen and oxygen atoms in total. The van der Waals surface area contributed by atoms with Crippen molar-refractivity contribution in [1.82, 2.24) is 10.1 Å². The van der Waals surface area contributed by atoms with Gasteiger partial charge in [-0.15, -0.1) is 12.4 Å². The largest absolute Gasteiger partial charge is 0.385 e. The molecule has 1 aliphatic carbocycles. The summed E-state index contributed by atoms with van der Waals surface area (Å²) in [5, 5.41) is 4.14. The monoisotopic (exact) mass is 323 g/mol. The first-order chi connectivity index (χ1) is 10.3. The Hall–Kier alpha value is -1.43. The molecule has 0 unspecified atom stereocenters. The highest BCUT2D eigenvalue weighted by molar-refractivity contribution is 5.85. The number of halogens is 1. The first-order valence-electron chi connectivity index (χ1n) is 7.40. The van der Waals surface area contributed by atoms with Gasteiger partial charge in [0.1, 0.15) is 0 Å². The molecular weight excluding hydrogens is 302 g/mol. The summed E-state index contributed by atoms with van der Waals surface area (Å²) < 4.78 is 10.7. The average Bonchev–Trinajstić information content (AvgIpc) is 2.96. The first kappa shape index (κ1) is 16.9. The van der Waals surface area contributed by atoms with Crippen molar-refractivity contribution in [2.75, 3.05) is 13.7 Å². The van der Waals surface area contributed by atoms with Gasteiger partial charge in [0.15, 0.2) is 0 Å². The van der Waals surface area contributed by atoms with Gasteiger partial charge in [-0.3, -0.25) is 0 Å². The van der Waals surface area contributed by atoms with Gasteiger partial charge in [-0.2, -0.15) is 4.98 Å². The number of benzene rings is 1. The molecule has 1 heterocycles. The molecule has 3 rings (SSSR count). The summed E-state index contributed by atoms with van der Waals surface area (Å²) >= 11 is 0. The number of nitrogens with two attached hydrogens (primary N) is 1. The number of hydrogen-bond acceptors (Lipinski definition) is 5. The van der Waals surface area contributed by atoms with Crippen LogP contribution in [0.1, 0.15) is 37.1 Å². The van der Waals surface area contributed by atoms with Crippen molar-refractivity contribution in [3.05, 3.63) is 35.7 Å². The third kappa shape index (κ3) is 3.16. The first-order valence-corrected chi connectivity index (χ1v) is 7.40. The molecule has 1 fully saturated rings. The lowest BCUT2D eigenvalue weighted by Gasteiger charge is -2.38. The zero-order valence-corrected chi connectivity index (χ0v) is 13.6. The van der Waals surface area contributed by atoms with Crippen molar-refractivity contribution in [2.24, 2.45) is 5.73 Å². The van der Waals surface area contributed by atoms with Crippen LogP contribution in [0.4, 0.5) is 0 Å². The lowest BCUT2D eigenvalue weighted by molar-refractivity contribution is 0.104. The maximum Gasteiger partial charge on any atom is 0.233 e. The molecule has 0 amide bonds. The molecule has 0 saturated heterocycles. The molecule has 22 heavy (non-hydrogen) atoms. The average molecular weight is 324 g/mol. The van der Waals surface area contributed by atoms with Crippen molar-refractivity contribution >= 4 is 12.4 Å². The maximum atomic E-state index is 5.61. The van der Waals surface area contributed by atoms with Gasteiger partial charge in [-0.1, -0.05) is 35.8 Å². The van der Waals surface area contributed by atoms with Crippen LogP contribution in [0.25, 0.3) is 11.4 Å². The summed E-state index contributed by atoms with van der Waals surface area (Å²) in [5.74, 6) is 1.40. The molecule has 1 aromatic heterocycles. The summed E-state index contributed by atoms with van der Waals surface area (Å²) in [4.78, 5) is 4.62.